The molecule has 1 amide bonds. The van der Waals surface area contributed by atoms with Gasteiger partial charge in [0.25, 0.3) is 0 Å². The zero-order valence-corrected chi connectivity index (χ0v) is 20.7. The number of benzene rings is 2. The number of carbonyl (C=O) groups is 1. The predicted octanol–water partition coefficient (Wildman–Crippen LogP) is 5.92. The van der Waals surface area contributed by atoms with Crippen molar-refractivity contribution in [3.63, 3.8) is 0 Å². The van der Waals surface area contributed by atoms with Gasteiger partial charge in [-0.15, -0.1) is 0 Å². The Labute approximate surface area is 206 Å². The summed E-state index contributed by atoms with van der Waals surface area (Å²) in [7, 11) is 0. The van der Waals surface area contributed by atoms with Gasteiger partial charge in [-0.05, 0) is 86.8 Å². The van der Waals surface area contributed by atoms with Crippen LogP contribution in [-0.2, 0) is 4.74 Å². The predicted molar refractivity (Wildman–Crippen MR) is 140 cm³/mol. The monoisotopic (exact) mass is 478 g/mol. The lowest BCUT2D eigenvalue weighted by Gasteiger charge is -2.36. The van der Waals surface area contributed by atoms with E-state index in [1.807, 2.05) is 31.2 Å². The molecular formula is C27H34N4O2S. The van der Waals surface area contributed by atoms with Gasteiger partial charge in [0.1, 0.15) is 11.9 Å². The number of nitrogens with one attached hydrogen (secondary N) is 1. The zero-order valence-electron chi connectivity index (χ0n) is 19.9. The number of rotatable bonds is 6. The van der Waals surface area contributed by atoms with Crippen LogP contribution < -0.4 is 10.2 Å². The van der Waals surface area contributed by atoms with E-state index in [2.05, 4.69) is 39.4 Å². The molecule has 2 aromatic carbocycles. The van der Waals surface area contributed by atoms with Crippen molar-refractivity contribution in [3.05, 3.63) is 54.1 Å². The fraction of sp³-hybridized carbons (Fsp3) is 0.481. The van der Waals surface area contributed by atoms with Crippen LogP contribution in [0.2, 0.25) is 0 Å². The molecule has 6 nitrogen and oxygen atoms in total. The third-order valence-corrected chi connectivity index (χ3v) is 8.15. The molecule has 1 aliphatic carbocycles. The minimum Gasteiger partial charge on any atom is -0.446 e. The van der Waals surface area contributed by atoms with Crippen LogP contribution in [0.1, 0.15) is 37.7 Å². The molecule has 2 aliphatic rings. The molecule has 0 unspecified atom stereocenters. The average Bonchev–Trinajstić information content (AvgIpc) is 3.30. The summed E-state index contributed by atoms with van der Waals surface area (Å²) in [5, 5.41) is 4.17. The molecule has 2 heterocycles. The molecule has 1 saturated heterocycles. The number of aromatic nitrogens is 1. The van der Waals surface area contributed by atoms with Crippen molar-refractivity contribution in [2.45, 2.75) is 45.1 Å². The molecule has 1 aliphatic heterocycles. The number of hydrogen-bond acceptors (Lipinski definition) is 6. The van der Waals surface area contributed by atoms with E-state index >= 15 is 0 Å². The normalized spacial score (nSPS) is 21.5. The first-order chi connectivity index (χ1) is 16.7. The lowest BCUT2D eigenvalue weighted by Crippen LogP contribution is -2.47. The third-order valence-electron chi connectivity index (χ3n) is 7.33. The number of fused-ring (bicyclic) bond motifs is 1. The first-order valence-electron chi connectivity index (χ1n) is 12.5. The van der Waals surface area contributed by atoms with Crippen LogP contribution in [0.15, 0.2) is 48.5 Å². The summed E-state index contributed by atoms with van der Waals surface area (Å²) >= 11 is 1.60. The van der Waals surface area contributed by atoms with Crippen molar-refractivity contribution in [2.24, 2.45) is 5.92 Å². The van der Waals surface area contributed by atoms with Gasteiger partial charge in [0.05, 0.1) is 4.70 Å². The Hall–Kier alpha value is -2.64. The molecule has 34 heavy (non-hydrogen) atoms. The molecule has 2 fully saturated rings. The van der Waals surface area contributed by atoms with Crippen molar-refractivity contribution < 1.29 is 9.53 Å². The van der Waals surface area contributed by atoms with E-state index in [0.29, 0.717) is 0 Å². The van der Waals surface area contributed by atoms with Gasteiger partial charge < -0.3 is 9.64 Å². The highest BCUT2D eigenvalue weighted by atomic mass is 32.1. The molecule has 1 N–H and O–H groups in total. The Morgan fingerprint density at radius 2 is 1.76 bits per heavy atom. The van der Waals surface area contributed by atoms with Crippen LogP contribution in [0, 0.1) is 12.8 Å². The number of piperazine rings is 1. The largest absolute Gasteiger partial charge is 0.446 e. The van der Waals surface area contributed by atoms with Gasteiger partial charge in [-0.3, -0.25) is 10.2 Å². The highest BCUT2D eigenvalue weighted by Crippen LogP contribution is 2.31. The van der Waals surface area contributed by atoms with Crippen molar-refractivity contribution >= 4 is 39.2 Å². The van der Waals surface area contributed by atoms with E-state index in [4.69, 9.17) is 9.11 Å². The highest BCUT2D eigenvalue weighted by molar-refractivity contribution is 7.13. The van der Waals surface area contributed by atoms with E-state index in [-0.39, 0.29) is 12.2 Å². The molecule has 3 aromatic rings. The van der Waals surface area contributed by atoms with Gasteiger partial charge in [-0.2, -0.15) is 4.37 Å². The van der Waals surface area contributed by atoms with E-state index in [9.17, 15) is 4.79 Å². The fourth-order valence-electron chi connectivity index (χ4n) is 5.19. The van der Waals surface area contributed by atoms with Crippen molar-refractivity contribution in [1.82, 2.24) is 9.27 Å². The molecule has 5 rings (SSSR count). The summed E-state index contributed by atoms with van der Waals surface area (Å²) in [5.74, 6) is 1.89. The summed E-state index contributed by atoms with van der Waals surface area (Å²) in [6.45, 7) is 7.44. The van der Waals surface area contributed by atoms with Gasteiger partial charge in [-0.25, -0.2) is 4.79 Å². The van der Waals surface area contributed by atoms with Crippen LogP contribution in [0.3, 0.4) is 0 Å². The number of hydrogen-bond donors (Lipinski definition) is 1. The number of carbonyl (C=O) groups excluding carboxylic acids is 1. The SMILES string of the molecule is Cc1ccccc1NC(=O)O[C@H]1CC[C@H](CCN2CCN(c3nsc4ccccc34)CC2)CC1. The van der Waals surface area contributed by atoms with Gasteiger partial charge in [0, 0.05) is 37.3 Å². The van der Waals surface area contributed by atoms with Crippen molar-refractivity contribution in [3.8, 4) is 0 Å². The number of amides is 1. The Morgan fingerprint density at radius 1 is 1.03 bits per heavy atom. The van der Waals surface area contributed by atoms with Crippen LogP contribution in [0.5, 0.6) is 0 Å². The Kier molecular flexibility index (Phi) is 7.30. The second kappa shape index (κ2) is 10.7. The van der Waals surface area contributed by atoms with Gasteiger partial charge in [0.2, 0.25) is 0 Å². The van der Waals surface area contributed by atoms with E-state index in [1.165, 1.54) is 16.5 Å². The minimum absolute atomic E-state index is 0.0387. The molecule has 0 spiro atoms. The number of nitrogens with zero attached hydrogens (tertiary/aromatic N) is 3. The van der Waals surface area contributed by atoms with Gasteiger partial charge >= 0.3 is 6.09 Å². The van der Waals surface area contributed by atoms with Gasteiger partial charge in [0.15, 0.2) is 0 Å². The van der Waals surface area contributed by atoms with E-state index in [1.54, 1.807) is 11.5 Å². The first kappa shape index (κ1) is 23.1. The summed E-state index contributed by atoms with van der Waals surface area (Å²) in [6, 6.07) is 16.3. The molecule has 0 bridgehead atoms. The third kappa shape index (κ3) is 5.53. The first-order valence-corrected chi connectivity index (χ1v) is 13.3. The Morgan fingerprint density at radius 3 is 2.56 bits per heavy atom. The van der Waals surface area contributed by atoms with Gasteiger partial charge in [-0.1, -0.05) is 30.3 Å². The molecule has 1 aromatic heterocycles. The minimum atomic E-state index is -0.330. The molecule has 7 heteroatoms. The standard InChI is InChI=1S/C27H34N4O2S/c1-20-6-2-4-8-24(20)28-27(32)33-22-12-10-21(11-13-22)14-15-30-16-18-31(19-17-30)26-23-7-3-5-9-25(23)34-29-26/h2-9,21-22H,10-19H2,1H3,(H,28,32)/t21-,22-. The molecule has 0 atom stereocenters. The summed E-state index contributed by atoms with van der Waals surface area (Å²) < 4.78 is 11.7. The van der Waals surface area contributed by atoms with Crippen molar-refractivity contribution in [2.75, 3.05) is 42.9 Å². The highest BCUT2D eigenvalue weighted by Gasteiger charge is 2.26. The number of ether oxygens (including phenoxy) is 1. The van der Waals surface area contributed by atoms with E-state index in [0.717, 1.165) is 81.4 Å². The Bertz CT molecular complexity index is 1100. The van der Waals surface area contributed by atoms with Crippen LogP contribution in [-0.4, -0.2) is 54.2 Å². The second-order valence-corrected chi connectivity index (χ2v) is 10.4. The molecule has 0 radical (unpaired) electrons. The lowest BCUT2D eigenvalue weighted by atomic mass is 9.85. The summed E-state index contributed by atoms with van der Waals surface area (Å²) in [4.78, 5) is 17.3. The van der Waals surface area contributed by atoms with Crippen LogP contribution >= 0.6 is 11.5 Å². The maximum absolute atomic E-state index is 12.3. The van der Waals surface area contributed by atoms with Crippen molar-refractivity contribution in [1.29, 1.82) is 0 Å². The number of aryl methyl sites for hydroxylation is 1. The quantitative estimate of drug-likeness (QED) is 0.476. The molecule has 180 valence electrons. The van der Waals surface area contributed by atoms with Crippen LogP contribution in [0.4, 0.5) is 16.3 Å². The summed E-state index contributed by atoms with van der Waals surface area (Å²) in [6.07, 6.45) is 5.18. The maximum Gasteiger partial charge on any atom is 0.411 e. The zero-order chi connectivity index (χ0) is 23.3. The average molecular weight is 479 g/mol. The maximum atomic E-state index is 12.3. The number of para-hydroxylation sites is 1. The van der Waals surface area contributed by atoms with Crippen LogP contribution in [0.25, 0.3) is 10.1 Å². The Balaban J connectivity index is 1.01. The second-order valence-electron chi connectivity index (χ2n) is 9.61. The number of anilines is 2. The topological polar surface area (TPSA) is 57.7 Å². The lowest BCUT2D eigenvalue weighted by molar-refractivity contribution is 0.0709. The van der Waals surface area contributed by atoms with E-state index < -0.39 is 0 Å². The fourth-order valence-corrected chi connectivity index (χ4v) is 5.99. The molecule has 1 saturated carbocycles. The smallest absolute Gasteiger partial charge is 0.411 e. The summed E-state index contributed by atoms with van der Waals surface area (Å²) in [5.41, 5.74) is 1.87. The molecular weight excluding hydrogens is 444 g/mol.